The van der Waals surface area contributed by atoms with Gasteiger partial charge in [0.15, 0.2) is 6.29 Å². The molecule has 1 aromatic carbocycles. The maximum absolute atomic E-state index is 11.4. The molecule has 0 radical (unpaired) electrons. The molecule has 10 nitrogen and oxygen atoms in total. The number of carbonyl (C=O) groups excluding carboxylic acids is 2. The number of likely N-dealkylation sites (N-methyl/N-ethyl adjacent to an activating group) is 1. The standard InChI is InChI=1S/C19H20ClN5O.C7H15NO.C3H4O.CH5N/c1-23-19-14(10-26)18(24-25(19)2)7-6-11-8-17(22)13(9-15(11)20)12-4-3-5-16(12)21;1-8-5-3-4-7(8)6-9-2;1-2-3-4;1-2/h8-10,23H,3-5,21-22H2,1-2H3;7H,3-6H2,1-2H3;2-3H,1H2;2H2,1H3/t;7-;;/m.1../s1. The molecule has 2 heterocycles. The van der Waals surface area contributed by atoms with Gasteiger partial charge in [0.05, 0.1) is 17.2 Å². The Morgan fingerprint density at radius 2 is 1.88 bits per heavy atom. The van der Waals surface area contributed by atoms with E-state index in [1.54, 1.807) is 32.0 Å². The SMILES string of the molecule is C=CC=O.CN.CNc1c(C=O)c(C#Cc2cc(N)c(C3=C(N)CCC3)cc2Cl)nn1C.COC[C@H]1CCCN1C. The molecular weight excluding hydrogens is 542 g/mol. The van der Waals surface area contributed by atoms with Crippen molar-refractivity contribution >= 4 is 41.3 Å². The molecule has 0 unspecified atom stereocenters. The van der Waals surface area contributed by atoms with Crippen LogP contribution in [0.5, 0.6) is 0 Å². The summed E-state index contributed by atoms with van der Waals surface area (Å²) in [6, 6.07) is 4.24. The summed E-state index contributed by atoms with van der Waals surface area (Å²) in [7, 11) is 8.90. The first-order chi connectivity index (χ1) is 19.7. The molecule has 2 aromatic rings. The molecule has 1 aromatic heterocycles. The number of nitrogens with one attached hydrogen (secondary N) is 1. The molecule has 0 saturated carbocycles. The van der Waals surface area contributed by atoms with E-state index in [0.717, 1.165) is 49.0 Å². The Morgan fingerprint density at radius 1 is 1.20 bits per heavy atom. The number of nitrogens with zero attached hydrogens (tertiary/aromatic N) is 3. The van der Waals surface area contributed by atoms with Crippen LogP contribution in [0.4, 0.5) is 11.5 Å². The number of hydrogen-bond donors (Lipinski definition) is 4. The number of methoxy groups -OCH3 is 1. The minimum atomic E-state index is 0.383. The zero-order valence-corrected chi connectivity index (χ0v) is 25.6. The Morgan fingerprint density at radius 3 is 2.37 bits per heavy atom. The van der Waals surface area contributed by atoms with Crippen molar-refractivity contribution in [2.45, 2.75) is 38.1 Å². The van der Waals surface area contributed by atoms with Crippen molar-refractivity contribution in [1.82, 2.24) is 14.7 Å². The summed E-state index contributed by atoms with van der Waals surface area (Å²) in [5.41, 5.74) is 21.5. The van der Waals surface area contributed by atoms with Crippen LogP contribution in [0.1, 0.15) is 59.3 Å². The number of carbonyl (C=O) groups is 2. The van der Waals surface area contributed by atoms with Gasteiger partial charge in [-0.3, -0.25) is 14.3 Å². The molecule has 1 fully saturated rings. The summed E-state index contributed by atoms with van der Waals surface area (Å²) in [5, 5.41) is 7.69. The summed E-state index contributed by atoms with van der Waals surface area (Å²) >= 11 is 6.40. The van der Waals surface area contributed by atoms with Crippen molar-refractivity contribution in [2.75, 3.05) is 52.5 Å². The molecule has 7 N–H and O–H groups in total. The van der Waals surface area contributed by atoms with Gasteiger partial charge in [-0.2, -0.15) is 5.10 Å². The van der Waals surface area contributed by atoms with Crippen LogP contribution in [0.2, 0.25) is 5.02 Å². The van der Waals surface area contributed by atoms with Gasteiger partial charge in [0.1, 0.15) is 17.8 Å². The van der Waals surface area contributed by atoms with Crippen molar-refractivity contribution < 1.29 is 14.3 Å². The van der Waals surface area contributed by atoms with Gasteiger partial charge in [-0.25, -0.2) is 0 Å². The van der Waals surface area contributed by atoms with Crippen molar-refractivity contribution in [2.24, 2.45) is 18.5 Å². The monoisotopic (exact) mass is 585 g/mol. The van der Waals surface area contributed by atoms with E-state index in [4.69, 9.17) is 32.6 Å². The number of nitrogens with two attached hydrogens (primary N) is 3. The highest BCUT2D eigenvalue weighted by molar-refractivity contribution is 6.32. The number of aldehydes is 2. The van der Waals surface area contributed by atoms with Crippen molar-refractivity contribution in [3.63, 3.8) is 0 Å². The number of anilines is 2. The minimum Gasteiger partial charge on any atom is -0.402 e. The van der Waals surface area contributed by atoms with Gasteiger partial charge in [0.25, 0.3) is 0 Å². The fourth-order valence-electron chi connectivity index (χ4n) is 4.57. The number of nitrogen functional groups attached to an aromatic ring is 1. The third-order valence-electron chi connectivity index (χ3n) is 6.61. The van der Waals surface area contributed by atoms with Gasteiger partial charge in [0.2, 0.25) is 0 Å². The third kappa shape index (κ3) is 10.1. The largest absolute Gasteiger partial charge is 0.402 e. The number of aromatic nitrogens is 2. The molecule has 0 amide bonds. The number of halogens is 1. The van der Waals surface area contributed by atoms with Crippen LogP contribution in [-0.4, -0.2) is 74.7 Å². The number of aryl methyl sites for hydroxylation is 1. The average Bonchev–Trinajstić information content (AvgIpc) is 3.68. The van der Waals surface area contributed by atoms with Crippen molar-refractivity contribution in [3.05, 3.63) is 57.9 Å². The van der Waals surface area contributed by atoms with Gasteiger partial charge in [0, 0.05) is 49.8 Å². The molecule has 1 saturated heterocycles. The lowest BCUT2D eigenvalue weighted by atomic mass is 10.0. The summed E-state index contributed by atoms with van der Waals surface area (Å²) in [6.07, 6.45) is 8.03. The molecule has 0 spiro atoms. The van der Waals surface area contributed by atoms with Crippen LogP contribution in [0, 0.1) is 11.8 Å². The number of ether oxygens (including phenoxy) is 1. The van der Waals surface area contributed by atoms with Gasteiger partial charge in [-0.1, -0.05) is 24.1 Å². The molecular formula is C30H44ClN7O3. The number of allylic oxidation sites excluding steroid dienone is 3. The highest BCUT2D eigenvalue weighted by Gasteiger charge is 2.20. The molecule has 1 aliphatic carbocycles. The average molecular weight is 586 g/mol. The van der Waals surface area contributed by atoms with Gasteiger partial charge >= 0.3 is 0 Å². The maximum Gasteiger partial charge on any atom is 0.156 e. The van der Waals surface area contributed by atoms with Crippen LogP contribution in [0.25, 0.3) is 5.57 Å². The number of hydrogen-bond acceptors (Lipinski definition) is 9. The molecule has 1 atom stereocenters. The van der Waals surface area contributed by atoms with Crippen LogP contribution in [0.15, 0.2) is 30.5 Å². The zero-order chi connectivity index (χ0) is 30.9. The Hall–Kier alpha value is -3.62. The Bertz CT molecular complexity index is 1250. The van der Waals surface area contributed by atoms with E-state index in [9.17, 15) is 4.79 Å². The molecule has 1 aliphatic heterocycles. The van der Waals surface area contributed by atoms with E-state index >= 15 is 0 Å². The van der Waals surface area contributed by atoms with E-state index < -0.39 is 0 Å². The lowest BCUT2D eigenvalue weighted by Gasteiger charge is -2.17. The highest BCUT2D eigenvalue weighted by Crippen LogP contribution is 2.36. The lowest BCUT2D eigenvalue weighted by molar-refractivity contribution is -0.104. The van der Waals surface area contributed by atoms with E-state index in [1.165, 1.54) is 32.5 Å². The predicted octanol–water partition coefficient (Wildman–Crippen LogP) is 3.44. The molecule has 11 heteroatoms. The number of rotatable bonds is 6. The maximum atomic E-state index is 11.4. The van der Waals surface area contributed by atoms with Crippen LogP contribution >= 0.6 is 11.6 Å². The van der Waals surface area contributed by atoms with Gasteiger partial charge in [-0.15, -0.1) is 0 Å². The van der Waals surface area contributed by atoms with Gasteiger partial charge in [-0.05, 0) is 82.4 Å². The molecule has 224 valence electrons. The van der Waals surface area contributed by atoms with E-state index in [1.807, 2.05) is 6.07 Å². The summed E-state index contributed by atoms with van der Waals surface area (Å²) in [6.45, 7) is 5.25. The van der Waals surface area contributed by atoms with Crippen molar-refractivity contribution in [1.29, 1.82) is 0 Å². The van der Waals surface area contributed by atoms with E-state index in [0.29, 0.717) is 45.7 Å². The zero-order valence-electron chi connectivity index (χ0n) is 24.8. The second-order valence-corrected chi connectivity index (χ2v) is 9.64. The summed E-state index contributed by atoms with van der Waals surface area (Å²) in [5.74, 6) is 6.48. The van der Waals surface area contributed by atoms with Crippen molar-refractivity contribution in [3.8, 4) is 11.8 Å². The molecule has 0 bridgehead atoms. The Balaban J connectivity index is 0.000000462. The first kappa shape index (κ1) is 35.4. The van der Waals surface area contributed by atoms with Crippen LogP contribution < -0.4 is 22.5 Å². The highest BCUT2D eigenvalue weighted by atomic mass is 35.5. The second kappa shape index (κ2) is 18.7. The fraction of sp³-hybridized carbons (Fsp3) is 0.433. The van der Waals surface area contributed by atoms with Crippen LogP contribution in [-0.2, 0) is 16.6 Å². The summed E-state index contributed by atoms with van der Waals surface area (Å²) < 4.78 is 6.63. The number of benzene rings is 1. The second-order valence-electron chi connectivity index (χ2n) is 9.23. The molecule has 41 heavy (non-hydrogen) atoms. The first-order valence-corrected chi connectivity index (χ1v) is 13.7. The Labute approximate surface area is 248 Å². The number of likely N-dealkylation sites (tertiary alicyclic amines) is 1. The van der Waals surface area contributed by atoms with Crippen LogP contribution in [0.3, 0.4) is 0 Å². The molecule has 4 rings (SSSR count). The third-order valence-corrected chi connectivity index (χ3v) is 6.92. The van der Waals surface area contributed by atoms with Gasteiger partial charge < -0.3 is 32.2 Å². The Kier molecular flexibility index (Phi) is 16.1. The fourth-order valence-corrected chi connectivity index (χ4v) is 4.78. The predicted molar refractivity (Wildman–Crippen MR) is 169 cm³/mol. The van der Waals surface area contributed by atoms with E-state index in [2.05, 4.69) is 46.5 Å². The topological polar surface area (TPSA) is 155 Å². The summed E-state index contributed by atoms with van der Waals surface area (Å²) in [4.78, 5) is 22.8. The quantitative estimate of drug-likeness (QED) is 0.173. The molecule has 2 aliphatic rings. The lowest BCUT2D eigenvalue weighted by Crippen LogP contribution is -2.28. The first-order valence-electron chi connectivity index (χ1n) is 13.3. The normalized spacial score (nSPS) is 15.6. The van der Waals surface area contributed by atoms with E-state index in [-0.39, 0.29) is 0 Å². The smallest absolute Gasteiger partial charge is 0.156 e. The minimum absolute atomic E-state index is 0.383.